The van der Waals surface area contributed by atoms with Gasteiger partial charge in [-0.15, -0.1) is 0 Å². The number of rotatable bonds is 5. The second-order valence-corrected chi connectivity index (χ2v) is 4.42. The maximum Gasteiger partial charge on any atom is 0.338 e. The van der Waals surface area contributed by atoms with Crippen molar-refractivity contribution in [2.24, 2.45) is 0 Å². The number of hydrogen-bond acceptors (Lipinski definition) is 4. The van der Waals surface area contributed by atoms with Crippen molar-refractivity contribution >= 4 is 5.97 Å². The molecule has 0 radical (unpaired) electrons. The molecule has 0 spiro atoms. The van der Waals surface area contributed by atoms with Gasteiger partial charge in [0.05, 0.1) is 7.11 Å². The van der Waals surface area contributed by atoms with E-state index in [1.165, 1.54) is 26.2 Å². The third kappa shape index (κ3) is 3.78. The summed E-state index contributed by atoms with van der Waals surface area (Å²) in [6, 6.07) is 5.93. The van der Waals surface area contributed by atoms with Crippen molar-refractivity contribution in [1.29, 1.82) is 0 Å². The zero-order valence-corrected chi connectivity index (χ0v) is 10.7. The number of hydrogen-bond donors (Lipinski definition) is 2. The molecule has 2 atom stereocenters. The molecule has 18 heavy (non-hydrogen) atoms. The number of aliphatic hydroxyl groups is 1. The first-order valence-corrected chi connectivity index (χ1v) is 5.66. The summed E-state index contributed by atoms with van der Waals surface area (Å²) in [6.45, 7) is 3.29. The molecule has 1 aromatic carbocycles. The van der Waals surface area contributed by atoms with Gasteiger partial charge in [0.2, 0.25) is 0 Å². The van der Waals surface area contributed by atoms with Crippen molar-refractivity contribution in [2.45, 2.75) is 25.5 Å². The number of carbonyl (C=O) groups is 1. The van der Waals surface area contributed by atoms with Crippen molar-refractivity contribution in [3.63, 3.8) is 0 Å². The average Bonchev–Trinajstić information content (AvgIpc) is 2.35. The number of methoxy groups -OCH3 is 1. The van der Waals surface area contributed by atoms with Gasteiger partial charge >= 0.3 is 5.97 Å². The smallest absolute Gasteiger partial charge is 0.338 e. The van der Waals surface area contributed by atoms with Crippen molar-refractivity contribution in [2.75, 3.05) is 13.7 Å². The molecule has 100 valence electrons. The lowest BCUT2D eigenvalue weighted by Crippen LogP contribution is -2.46. The number of halogens is 1. The number of benzene rings is 1. The fourth-order valence-corrected chi connectivity index (χ4v) is 1.51. The van der Waals surface area contributed by atoms with Crippen molar-refractivity contribution in [1.82, 2.24) is 5.32 Å². The minimum absolute atomic E-state index is 0.0538. The van der Waals surface area contributed by atoms with Crippen LogP contribution in [0, 0.1) is 5.82 Å². The van der Waals surface area contributed by atoms with E-state index in [0.717, 1.165) is 5.56 Å². The van der Waals surface area contributed by atoms with Crippen LogP contribution in [0.5, 0.6) is 0 Å². The number of esters is 1. The molecule has 0 bridgehead atoms. The van der Waals surface area contributed by atoms with E-state index in [1.54, 1.807) is 12.1 Å². The predicted molar refractivity (Wildman–Crippen MR) is 65.5 cm³/mol. The summed E-state index contributed by atoms with van der Waals surface area (Å²) in [4.78, 5) is 11.3. The maximum atomic E-state index is 12.8. The van der Waals surface area contributed by atoms with Crippen LogP contribution in [0.2, 0.25) is 0 Å². The first kappa shape index (κ1) is 14.6. The first-order chi connectivity index (χ1) is 8.36. The lowest BCUT2D eigenvalue weighted by atomic mass is 10.0. The van der Waals surface area contributed by atoms with Crippen LogP contribution < -0.4 is 5.32 Å². The molecule has 0 saturated heterocycles. The molecule has 1 unspecified atom stereocenters. The molecule has 0 saturated carbocycles. The Hall–Kier alpha value is -1.46. The molecule has 1 aromatic rings. The molecule has 2 N–H and O–H groups in total. The molecule has 0 aromatic heterocycles. The maximum absolute atomic E-state index is 12.8. The standard InChI is InChI=1S/C13H18FNO3/c1-9(10-4-6-11(14)7-5-10)15-8-13(2,17)12(16)18-3/h4-7,9,15,17H,8H2,1-3H3/t9-,13?/m1/s1. The van der Waals surface area contributed by atoms with Crippen LogP contribution in [-0.4, -0.2) is 30.3 Å². The van der Waals surface area contributed by atoms with Crippen molar-refractivity contribution < 1.29 is 19.0 Å². The average molecular weight is 255 g/mol. The molecular formula is C13H18FNO3. The van der Waals surface area contributed by atoms with Crippen LogP contribution >= 0.6 is 0 Å². The quantitative estimate of drug-likeness (QED) is 0.781. The largest absolute Gasteiger partial charge is 0.467 e. The van der Waals surface area contributed by atoms with E-state index in [-0.39, 0.29) is 18.4 Å². The Kier molecular flexibility index (Phi) is 4.81. The van der Waals surface area contributed by atoms with Gasteiger partial charge in [0.25, 0.3) is 0 Å². The fraction of sp³-hybridized carbons (Fsp3) is 0.462. The van der Waals surface area contributed by atoms with Gasteiger partial charge in [-0.2, -0.15) is 0 Å². The highest BCUT2D eigenvalue weighted by Gasteiger charge is 2.31. The van der Waals surface area contributed by atoms with Gasteiger partial charge in [0.15, 0.2) is 5.60 Å². The van der Waals surface area contributed by atoms with Gasteiger partial charge in [-0.1, -0.05) is 12.1 Å². The van der Waals surface area contributed by atoms with E-state index in [1.807, 2.05) is 6.92 Å². The van der Waals surface area contributed by atoms with Crippen LogP contribution in [0.1, 0.15) is 25.5 Å². The second kappa shape index (κ2) is 5.93. The number of carbonyl (C=O) groups excluding carboxylic acids is 1. The summed E-state index contributed by atoms with van der Waals surface area (Å²) in [5, 5.41) is 12.8. The predicted octanol–water partition coefficient (Wildman–Crippen LogP) is 1.40. The molecular weight excluding hydrogens is 237 g/mol. The highest BCUT2D eigenvalue weighted by molar-refractivity contribution is 5.78. The SMILES string of the molecule is COC(=O)C(C)(O)CN[C@H](C)c1ccc(F)cc1. The van der Waals surface area contributed by atoms with Crippen LogP contribution in [-0.2, 0) is 9.53 Å². The zero-order chi connectivity index (χ0) is 13.8. The van der Waals surface area contributed by atoms with E-state index in [9.17, 15) is 14.3 Å². The molecule has 1 rings (SSSR count). The van der Waals surface area contributed by atoms with Crippen LogP contribution in [0.3, 0.4) is 0 Å². The van der Waals surface area contributed by atoms with E-state index in [0.29, 0.717) is 0 Å². The Balaban J connectivity index is 2.58. The minimum Gasteiger partial charge on any atom is -0.467 e. The normalized spacial score (nSPS) is 15.8. The Bertz CT molecular complexity index is 403. The fourth-order valence-electron chi connectivity index (χ4n) is 1.51. The molecule has 0 aliphatic carbocycles. The van der Waals surface area contributed by atoms with Crippen molar-refractivity contribution in [3.8, 4) is 0 Å². The van der Waals surface area contributed by atoms with Gasteiger partial charge in [0, 0.05) is 12.6 Å². The summed E-state index contributed by atoms with van der Waals surface area (Å²) in [6.07, 6.45) is 0. The van der Waals surface area contributed by atoms with Gasteiger partial charge in [-0.25, -0.2) is 9.18 Å². The van der Waals surface area contributed by atoms with Crippen molar-refractivity contribution in [3.05, 3.63) is 35.6 Å². The Morgan fingerprint density at radius 1 is 1.50 bits per heavy atom. The summed E-state index contributed by atoms with van der Waals surface area (Å²) >= 11 is 0. The third-order valence-electron chi connectivity index (χ3n) is 2.75. The highest BCUT2D eigenvalue weighted by Crippen LogP contribution is 2.14. The zero-order valence-electron chi connectivity index (χ0n) is 10.7. The first-order valence-electron chi connectivity index (χ1n) is 5.66. The molecule has 4 nitrogen and oxygen atoms in total. The Morgan fingerprint density at radius 3 is 2.56 bits per heavy atom. The molecule has 0 aliphatic heterocycles. The highest BCUT2D eigenvalue weighted by atomic mass is 19.1. The van der Waals surface area contributed by atoms with Crippen LogP contribution in [0.25, 0.3) is 0 Å². The number of nitrogens with one attached hydrogen (secondary N) is 1. The Labute approximate surface area is 106 Å². The van der Waals surface area contributed by atoms with E-state index in [2.05, 4.69) is 10.1 Å². The van der Waals surface area contributed by atoms with Gasteiger partial charge in [-0.05, 0) is 31.5 Å². The summed E-state index contributed by atoms with van der Waals surface area (Å²) in [5.41, 5.74) is -0.708. The molecule has 0 fully saturated rings. The second-order valence-electron chi connectivity index (χ2n) is 4.42. The summed E-state index contributed by atoms with van der Waals surface area (Å²) in [5.74, 6) is -0.992. The van der Waals surface area contributed by atoms with Crippen LogP contribution in [0.15, 0.2) is 24.3 Å². The lowest BCUT2D eigenvalue weighted by molar-refractivity contribution is -0.160. The van der Waals surface area contributed by atoms with Gasteiger partial charge < -0.3 is 15.2 Å². The molecule has 0 amide bonds. The molecule has 0 heterocycles. The monoisotopic (exact) mass is 255 g/mol. The molecule has 5 heteroatoms. The van der Waals surface area contributed by atoms with Gasteiger partial charge in [-0.3, -0.25) is 0 Å². The van der Waals surface area contributed by atoms with E-state index in [4.69, 9.17) is 0 Å². The van der Waals surface area contributed by atoms with Gasteiger partial charge in [0.1, 0.15) is 5.82 Å². The lowest BCUT2D eigenvalue weighted by Gasteiger charge is -2.23. The topological polar surface area (TPSA) is 58.6 Å². The molecule has 0 aliphatic rings. The third-order valence-corrected chi connectivity index (χ3v) is 2.75. The summed E-state index contributed by atoms with van der Waals surface area (Å²) < 4.78 is 17.2. The minimum atomic E-state index is -1.58. The number of ether oxygens (including phenoxy) is 1. The Morgan fingerprint density at radius 2 is 2.06 bits per heavy atom. The summed E-state index contributed by atoms with van der Waals surface area (Å²) in [7, 11) is 1.22. The van der Waals surface area contributed by atoms with E-state index < -0.39 is 11.6 Å². The van der Waals surface area contributed by atoms with E-state index >= 15 is 0 Å². The van der Waals surface area contributed by atoms with Crippen LogP contribution in [0.4, 0.5) is 4.39 Å².